The molecule has 0 atom stereocenters. The van der Waals surface area contributed by atoms with E-state index in [0.29, 0.717) is 29.9 Å². The lowest BCUT2D eigenvalue weighted by Gasteiger charge is -2.21. The second-order valence-electron chi connectivity index (χ2n) is 6.20. The summed E-state index contributed by atoms with van der Waals surface area (Å²) in [5, 5.41) is 4.60. The zero-order chi connectivity index (χ0) is 14.4. The van der Waals surface area contributed by atoms with Gasteiger partial charge in [-0.2, -0.15) is 16.9 Å². The maximum atomic E-state index is 11.9. The Morgan fingerprint density at radius 2 is 2.15 bits per heavy atom. The molecule has 0 N–H and O–H groups in total. The average molecular weight is 294 g/mol. The monoisotopic (exact) mass is 294 g/mol. The SMILES string of the molecule is CC(C)CSCC(=O)Cc1ccn(C2CCCCC2)n1. The van der Waals surface area contributed by atoms with E-state index in [1.807, 2.05) is 6.07 Å². The van der Waals surface area contributed by atoms with Crippen molar-refractivity contribution in [1.29, 1.82) is 0 Å². The summed E-state index contributed by atoms with van der Waals surface area (Å²) >= 11 is 1.74. The van der Waals surface area contributed by atoms with Crippen LogP contribution in [0.25, 0.3) is 0 Å². The molecule has 0 radical (unpaired) electrons. The van der Waals surface area contributed by atoms with E-state index in [-0.39, 0.29) is 0 Å². The fourth-order valence-corrected chi connectivity index (χ4v) is 3.60. The molecule has 1 aromatic rings. The van der Waals surface area contributed by atoms with Gasteiger partial charge in [-0.25, -0.2) is 0 Å². The topological polar surface area (TPSA) is 34.9 Å². The van der Waals surface area contributed by atoms with Crippen LogP contribution in [-0.2, 0) is 11.2 Å². The lowest BCUT2D eigenvalue weighted by Crippen LogP contribution is -2.14. The van der Waals surface area contributed by atoms with Crippen LogP contribution in [0, 0.1) is 5.92 Å². The number of ketones is 1. The Bertz CT molecular complexity index is 422. The largest absolute Gasteiger partial charge is 0.298 e. The highest BCUT2D eigenvalue weighted by Gasteiger charge is 2.16. The molecule has 2 rings (SSSR count). The van der Waals surface area contributed by atoms with E-state index < -0.39 is 0 Å². The van der Waals surface area contributed by atoms with Gasteiger partial charge in [0.1, 0.15) is 5.78 Å². The molecule has 1 heterocycles. The number of hydrogen-bond donors (Lipinski definition) is 0. The number of aromatic nitrogens is 2. The fourth-order valence-electron chi connectivity index (χ4n) is 2.68. The van der Waals surface area contributed by atoms with Crippen molar-refractivity contribution in [1.82, 2.24) is 9.78 Å². The molecular formula is C16H26N2OS. The maximum absolute atomic E-state index is 11.9. The van der Waals surface area contributed by atoms with Gasteiger partial charge in [0.25, 0.3) is 0 Å². The second-order valence-corrected chi connectivity index (χ2v) is 7.23. The van der Waals surface area contributed by atoms with Gasteiger partial charge < -0.3 is 0 Å². The van der Waals surface area contributed by atoms with Crippen LogP contribution in [-0.4, -0.2) is 27.1 Å². The number of Topliss-reactive ketones (excluding diaryl/α,β-unsaturated/α-hetero) is 1. The molecule has 20 heavy (non-hydrogen) atoms. The zero-order valence-electron chi connectivity index (χ0n) is 12.7. The Labute approximate surface area is 126 Å². The molecule has 1 aromatic heterocycles. The molecule has 0 saturated heterocycles. The van der Waals surface area contributed by atoms with Crippen molar-refractivity contribution < 1.29 is 4.79 Å². The number of nitrogens with zero attached hydrogens (tertiary/aromatic N) is 2. The molecule has 0 spiro atoms. The predicted molar refractivity (Wildman–Crippen MR) is 85.2 cm³/mol. The summed E-state index contributed by atoms with van der Waals surface area (Å²) in [5.41, 5.74) is 0.936. The van der Waals surface area contributed by atoms with E-state index in [0.717, 1.165) is 11.4 Å². The van der Waals surface area contributed by atoms with Crippen LogP contribution in [0.4, 0.5) is 0 Å². The Hall–Kier alpha value is -0.770. The summed E-state index contributed by atoms with van der Waals surface area (Å²) in [5.74, 6) is 2.62. The minimum atomic E-state index is 0.296. The second kappa shape index (κ2) is 7.87. The first-order valence-corrected chi connectivity index (χ1v) is 8.94. The standard InChI is InChI=1S/C16H26N2OS/c1-13(2)11-20-12-16(19)10-14-8-9-18(17-14)15-6-4-3-5-7-15/h8-9,13,15H,3-7,10-12H2,1-2H3. The molecule has 1 fully saturated rings. The maximum Gasteiger partial charge on any atom is 0.148 e. The van der Waals surface area contributed by atoms with Crippen LogP contribution >= 0.6 is 11.8 Å². The zero-order valence-corrected chi connectivity index (χ0v) is 13.5. The summed E-state index contributed by atoms with van der Waals surface area (Å²) in [6.07, 6.45) is 8.99. The number of rotatable bonds is 7. The molecule has 1 saturated carbocycles. The third kappa shape index (κ3) is 4.97. The molecule has 0 bridgehead atoms. The lowest BCUT2D eigenvalue weighted by molar-refractivity contribution is -0.116. The third-order valence-corrected chi connectivity index (χ3v) is 5.13. The third-order valence-electron chi connectivity index (χ3n) is 3.70. The van der Waals surface area contributed by atoms with E-state index in [1.54, 1.807) is 11.8 Å². The van der Waals surface area contributed by atoms with Crippen LogP contribution in [0.5, 0.6) is 0 Å². The summed E-state index contributed by atoms with van der Waals surface area (Å²) < 4.78 is 2.09. The molecule has 1 aliphatic rings. The highest BCUT2D eigenvalue weighted by molar-refractivity contribution is 7.99. The van der Waals surface area contributed by atoms with Gasteiger partial charge in [-0.1, -0.05) is 33.1 Å². The minimum Gasteiger partial charge on any atom is -0.298 e. The van der Waals surface area contributed by atoms with E-state index in [9.17, 15) is 4.79 Å². The summed E-state index contributed by atoms with van der Waals surface area (Å²) in [6.45, 7) is 4.37. The smallest absolute Gasteiger partial charge is 0.148 e. The molecule has 4 heteroatoms. The molecule has 0 amide bonds. The highest BCUT2D eigenvalue weighted by Crippen LogP contribution is 2.27. The molecule has 112 valence electrons. The highest BCUT2D eigenvalue weighted by atomic mass is 32.2. The average Bonchev–Trinajstić information content (AvgIpc) is 2.88. The molecule has 0 unspecified atom stereocenters. The molecule has 3 nitrogen and oxygen atoms in total. The van der Waals surface area contributed by atoms with Crippen molar-refractivity contribution in [2.75, 3.05) is 11.5 Å². The summed E-state index contributed by atoms with van der Waals surface area (Å²) in [6, 6.07) is 2.57. The minimum absolute atomic E-state index is 0.296. The van der Waals surface area contributed by atoms with E-state index >= 15 is 0 Å². The Balaban J connectivity index is 1.78. The van der Waals surface area contributed by atoms with Gasteiger partial charge in [-0.3, -0.25) is 9.48 Å². The lowest BCUT2D eigenvalue weighted by atomic mass is 9.96. The Morgan fingerprint density at radius 1 is 1.40 bits per heavy atom. The van der Waals surface area contributed by atoms with Gasteiger partial charge in [0.05, 0.1) is 23.9 Å². The summed E-state index contributed by atoms with van der Waals surface area (Å²) in [4.78, 5) is 11.9. The van der Waals surface area contributed by atoms with E-state index in [4.69, 9.17) is 0 Å². The van der Waals surface area contributed by atoms with Gasteiger partial charge in [0.2, 0.25) is 0 Å². The van der Waals surface area contributed by atoms with Crippen molar-refractivity contribution in [3.8, 4) is 0 Å². The van der Waals surface area contributed by atoms with Gasteiger partial charge in [0, 0.05) is 6.20 Å². The van der Waals surface area contributed by atoms with Gasteiger partial charge >= 0.3 is 0 Å². The number of carbonyl (C=O) groups excluding carboxylic acids is 1. The van der Waals surface area contributed by atoms with Gasteiger partial charge in [-0.05, 0) is 30.6 Å². The first-order chi connectivity index (χ1) is 9.65. The van der Waals surface area contributed by atoms with Crippen molar-refractivity contribution in [3.05, 3.63) is 18.0 Å². The number of thioether (sulfide) groups is 1. The van der Waals surface area contributed by atoms with Crippen LogP contribution < -0.4 is 0 Å². The van der Waals surface area contributed by atoms with Crippen molar-refractivity contribution in [3.63, 3.8) is 0 Å². The molecule has 0 aliphatic heterocycles. The fraction of sp³-hybridized carbons (Fsp3) is 0.750. The quantitative estimate of drug-likeness (QED) is 0.765. The first-order valence-electron chi connectivity index (χ1n) is 7.78. The predicted octanol–water partition coefficient (Wildman–Crippen LogP) is 3.89. The van der Waals surface area contributed by atoms with Crippen LogP contribution in [0.15, 0.2) is 12.3 Å². The first kappa shape index (κ1) is 15.6. The van der Waals surface area contributed by atoms with Crippen molar-refractivity contribution in [2.24, 2.45) is 5.92 Å². The van der Waals surface area contributed by atoms with E-state index in [1.165, 1.54) is 32.1 Å². The molecule has 1 aliphatic carbocycles. The van der Waals surface area contributed by atoms with Crippen LogP contribution in [0.2, 0.25) is 0 Å². The van der Waals surface area contributed by atoms with Crippen molar-refractivity contribution >= 4 is 17.5 Å². The van der Waals surface area contributed by atoms with Crippen LogP contribution in [0.1, 0.15) is 57.7 Å². The Kier molecular flexibility index (Phi) is 6.14. The van der Waals surface area contributed by atoms with Gasteiger partial charge in [0.15, 0.2) is 0 Å². The van der Waals surface area contributed by atoms with Crippen molar-refractivity contribution in [2.45, 2.75) is 58.4 Å². The number of carbonyl (C=O) groups is 1. The normalized spacial score (nSPS) is 16.8. The van der Waals surface area contributed by atoms with E-state index in [2.05, 4.69) is 29.8 Å². The molecule has 0 aromatic carbocycles. The molecular weight excluding hydrogens is 268 g/mol. The summed E-state index contributed by atoms with van der Waals surface area (Å²) in [7, 11) is 0. The van der Waals surface area contributed by atoms with Gasteiger partial charge in [-0.15, -0.1) is 0 Å². The van der Waals surface area contributed by atoms with Crippen LogP contribution in [0.3, 0.4) is 0 Å². The Morgan fingerprint density at radius 3 is 2.85 bits per heavy atom. The number of hydrogen-bond acceptors (Lipinski definition) is 3.